The predicted molar refractivity (Wildman–Crippen MR) is 66.0 cm³/mol. The fourth-order valence-corrected chi connectivity index (χ4v) is 3.23. The average Bonchev–Trinajstić information content (AvgIpc) is 2.34. The van der Waals surface area contributed by atoms with E-state index in [1.165, 1.54) is 14.0 Å². The largest absolute Gasteiger partial charge is 0.477 e. The van der Waals surface area contributed by atoms with Gasteiger partial charge in [-0.15, -0.1) is 11.8 Å². The van der Waals surface area contributed by atoms with E-state index in [0.717, 1.165) is 16.7 Å². The molecule has 1 saturated heterocycles. The van der Waals surface area contributed by atoms with Crippen LogP contribution in [0.2, 0.25) is 0 Å². The Labute approximate surface area is 112 Å². The van der Waals surface area contributed by atoms with Crippen LogP contribution in [0.5, 0.6) is 0 Å². The zero-order valence-electron chi connectivity index (χ0n) is 10.1. The first-order chi connectivity index (χ1) is 8.90. The van der Waals surface area contributed by atoms with E-state index >= 15 is 0 Å². The quantitative estimate of drug-likeness (QED) is 0.509. The number of hydrogen-bond donors (Lipinski definition) is 2. The van der Waals surface area contributed by atoms with Gasteiger partial charge in [0.05, 0.1) is 5.70 Å². The van der Waals surface area contributed by atoms with Gasteiger partial charge in [0.1, 0.15) is 23.5 Å². The van der Waals surface area contributed by atoms with Crippen LogP contribution in [-0.2, 0) is 19.2 Å². The summed E-state index contributed by atoms with van der Waals surface area (Å²) in [5.74, 6) is -2.21. The molecule has 8 nitrogen and oxygen atoms in total. The van der Waals surface area contributed by atoms with E-state index in [4.69, 9.17) is 10.8 Å². The lowest BCUT2D eigenvalue weighted by Crippen LogP contribution is -2.64. The Hall–Kier alpha value is -2.03. The highest BCUT2D eigenvalue weighted by atomic mass is 32.2. The monoisotopic (exact) mass is 285 g/mol. The van der Waals surface area contributed by atoms with Crippen molar-refractivity contribution in [1.82, 2.24) is 4.90 Å². The molecule has 2 heterocycles. The van der Waals surface area contributed by atoms with Crippen LogP contribution >= 0.6 is 11.8 Å². The highest BCUT2D eigenvalue weighted by Gasteiger charge is 2.54. The van der Waals surface area contributed by atoms with Gasteiger partial charge in [-0.3, -0.25) is 14.5 Å². The van der Waals surface area contributed by atoms with Gasteiger partial charge in [-0.05, 0) is 6.92 Å². The molecule has 0 spiro atoms. The average molecular weight is 285 g/mol. The third-order valence-corrected chi connectivity index (χ3v) is 4.28. The van der Waals surface area contributed by atoms with Crippen LogP contribution in [0.25, 0.3) is 0 Å². The molecule has 2 rings (SSSR count). The van der Waals surface area contributed by atoms with Gasteiger partial charge in [0.2, 0.25) is 0 Å². The zero-order chi connectivity index (χ0) is 14.3. The standard InChI is InChI=1S/C10H11N3O5S/c1-3(14)7-4(11)6(10(16)17)13-8(15)5(12-18-2)9(13)19-7/h7,9H,11H2,1-2H3,(H,16,17). The van der Waals surface area contributed by atoms with Crippen molar-refractivity contribution >= 4 is 35.1 Å². The van der Waals surface area contributed by atoms with Crippen molar-refractivity contribution in [1.29, 1.82) is 0 Å². The van der Waals surface area contributed by atoms with Crippen LogP contribution in [0.3, 0.4) is 0 Å². The summed E-state index contributed by atoms with van der Waals surface area (Å²) < 4.78 is 0. The normalized spacial score (nSPS) is 28.0. The zero-order valence-corrected chi connectivity index (χ0v) is 10.9. The summed E-state index contributed by atoms with van der Waals surface area (Å²) >= 11 is 1.07. The van der Waals surface area contributed by atoms with E-state index in [-0.39, 0.29) is 22.9 Å². The Balaban J connectivity index is 2.48. The fraction of sp³-hybridized carbons (Fsp3) is 0.400. The van der Waals surface area contributed by atoms with Gasteiger partial charge < -0.3 is 15.7 Å². The number of carboxylic acid groups (broad SMARTS) is 1. The summed E-state index contributed by atoms with van der Waals surface area (Å²) in [4.78, 5) is 40.0. The number of ketones is 1. The number of fused-ring (bicyclic) bond motifs is 1. The van der Waals surface area contributed by atoms with Crippen molar-refractivity contribution in [2.24, 2.45) is 10.9 Å². The van der Waals surface area contributed by atoms with E-state index in [9.17, 15) is 14.4 Å². The maximum atomic E-state index is 11.8. The van der Waals surface area contributed by atoms with E-state index in [2.05, 4.69) is 9.99 Å². The molecule has 2 aliphatic rings. The number of β-lactam (4-membered cyclic amide) rings is 1. The number of amides is 1. The highest BCUT2D eigenvalue weighted by Crippen LogP contribution is 2.41. The number of rotatable bonds is 3. The van der Waals surface area contributed by atoms with Crippen LogP contribution < -0.4 is 5.73 Å². The van der Waals surface area contributed by atoms with Crippen molar-refractivity contribution in [3.05, 3.63) is 11.4 Å². The molecule has 2 atom stereocenters. The highest BCUT2D eigenvalue weighted by molar-refractivity contribution is 8.02. The molecule has 0 radical (unpaired) electrons. The summed E-state index contributed by atoms with van der Waals surface area (Å²) in [5.41, 5.74) is 5.28. The van der Waals surface area contributed by atoms with Crippen molar-refractivity contribution in [3.8, 4) is 0 Å². The van der Waals surface area contributed by atoms with Crippen LogP contribution in [0.15, 0.2) is 16.5 Å². The third-order valence-electron chi connectivity index (χ3n) is 2.73. The molecule has 9 heteroatoms. The molecule has 1 fully saturated rings. The Bertz CT molecular complexity index is 541. The number of Topliss-reactive ketones (excluding diaryl/α,β-unsaturated/α-hetero) is 1. The number of aliphatic carboxylic acids is 1. The number of carbonyl (C=O) groups is 3. The summed E-state index contributed by atoms with van der Waals surface area (Å²) in [6, 6.07) is 0. The first-order valence-electron chi connectivity index (χ1n) is 5.23. The summed E-state index contributed by atoms with van der Waals surface area (Å²) in [6.45, 7) is 1.31. The molecule has 0 bridgehead atoms. The maximum absolute atomic E-state index is 11.8. The lowest BCUT2D eigenvalue weighted by Gasteiger charge is -2.45. The molecule has 19 heavy (non-hydrogen) atoms. The van der Waals surface area contributed by atoms with Gasteiger partial charge >= 0.3 is 5.97 Å². The van der Waals surface area contributed by atoms with Gasteiger partial charge in [-0.2, -0.15) is 0 Å². The van der Waals surface area contributed by atoms with Crippen LogP contribution in [0.1, 0.15) is 6.92 Å². The minimum Gasteiger partial charge on any atom is -0.477 e. The summed E-state index contributed by atoms with van der Waals surface area (Å²) in [5, 5.41) is 11.2. The summed E-state index contributed by atoms with van der Waals surface area (Å²) in [6.07, 6.45) is 0. The molecule has 0 aromatic heterocycles. The van der Waals surface area contributed by atoms with Crippen molar-refractivity contribution in [2.45, 2.75) is 17.5 Å². The minimum absolute atomic E-state index is 0.0741. The van der Waals surface area contributed by atoms with Crippen LogP contribution in [0.4, 0.5) is 0 Å². The molecule has 0 saturated carbocycles. The Morgan fingerprint density at radius 1 is 1.53 bits per heavy atom. The number of nitrogens with two attached hydrogens (primary N) is 1. The molecule has 3 N–H and O–H groups in total. The molecule has 0 aromatic rings. The van der Waals surface area contributed by atoms with E-state index in [0.29, 0.717) is 0 Å². The van der Waals surface area contributed by atoms with Gasteiger partial charge in [0.25, 0.3) is 5.91 Å². The summed E-state index contributed by atoms with van der Waals surface area (Å²) in [7, 11) is 1.28. The number of nitrogens with zero attached hydrogens (tertiary/aromatic N) is 2. The van der Waals surface area contributed by atoms with Gasteiger partial charge in [0, 0.05) is 0 Å². The van der Waals surface area contributed by atoms with Crippen molar-refractivity contribution in [2.75, 3.05) is 7.11 Å². The smallest absolute Gasteiger partial charge is 0.354 e. The molecule has 2 aliphatic heterocycles. The predicted octanol–water partition coefficient (Wildman–Crippen LogP) is -0.884. The van der Waals surface area contributed by atoms with Crippen LogP contribution in [-0.4, -0.2) is 51.1 Å². The van der Waals surface area contributed by atoms with E-state index in [1.807, 2.05) is 0 Å². The first-order valence-corrected chi connectivity index (χ1v) is 6.17. The molecule has 2 unspecified atom stereocenters. The maximum Gasteiger partial charge on any atom is 0.354 e. The van der Waals surface area contributed by atoms with Gasteiger partial charge in [-0.1, -0.05) is 5.16 Å². The van der Waals surface area contributed by atoms with E-state index < -0.39 is 22.5 Å². The fourth-order valence-electron chi connectivity index (χ4n) is 1.93. The topological polar surface area (TPSA) is 122 Å². The number of oxime groups is 1. The first kappa shape index (κ1) is 13.4. The number of thioether (sulfide) groups is 1. The molecule has 0 aromatic carbocycles. The number of carboxylic acids is 1. The van der Waals surface area contributed by atoms with Crippen LogP contribution in [0, 0.1) is 0 Å². The lowest BCUT2D eigenvalue weighted by molar-refractivity contribution is -0.139. The van der Waals surface area contributed by atoms with Crippen molar-refractivity contribution in [3.63, 3.8) is 0 Å². The molecular weight excluding hydrogens is 274 g/mol. The molecule has 1 amide bonds. The second-order valence-corrected chi connectivity index (χ2v) is 5.11. The lowest BCUT2D eigenvalue weighted by atomic mass is 10.1. The molecule has 0 aliphatic carbocycles. The number of hydrogen-bond acceptors (Lipinski definition) is 7. The van der Waals surface area contributed by atoms with Crippen molar-refractivity contribution < 1.29 is 24.3 Å². The van der Waals surface area contributed by atoms with Gasteiger partial charge in [0.15, 0.2) is 11.4 Å². The molecule has 102 valence electrons. The Morgan fingerprint density at radius 3 is 2.63 bits per heavy atom. The SMILES string of the molecule is CON=C1C(=O)N2C(C(=O)O)=C(N)C(C(C)=O)SC12. The van der Waals surface area contributed by atoms with Gasteiger partial charge in [-0.25, -0.2) is 4.79 Å². The number of carbonyl (C=O) groups excluding carboxylic acids is 2. The Morgan fingerprint density at radius 2 is 2.16 bits per heavy atom. The van der Waals surface area contributed by atoms with E-state index in [1.54, 1.807) is 0 Å². The molecular formula is C10H11N3O5S. The second kappa shape index (κ2) is 4.57. The minimum atomic E-state index is -1.35. The second-order valence-electron chi connectivity index (χ2n) is 3.92. The third kappa shape index (κ3) is 1.86. The Kier molecular flexibility index (Phi) is 3.23.